The molecule has 6 rings (SSSR count). The third-order valence-corrected chi connectivity index (χ3v) is 8.23. The summed E-state index contributed by atoms with van der Waals surface area (Å²) in [5.41, 5.74) is 10.5. The first-order valence-corrected chi connectivity index (χ1v) is 14.5. The van der Waals surface area contributed by atoms with Crippen LogP contribution in [0.4, 0.5) is 0 Å². The molecule has 41 heavy (non-hydrogen) atoms. The molecule has 0 amide bonds. The van der Waals surface area contributed by atoms with E-state index in [4.69, 9.17) is 5.48 Å². The monoisotopic (exact) mass is 539 g/mol. The highest BCUT2D eigenvalue weighted by Gasteiger charge is 2.24. The molecule has 0 aliphatic carbocycles. The van der Waals surface area contributed by atoms with Gasteiger partial charge in [0.1, 0.15) is 0 Å². The summed E-state index contributed by atoms with van der Waals surface area (Å²) in [6.45, 7) is 17.3. The number of rotatable bonds is 3. The minimum absolute atomic E-state index is 0.0437. The molecule has 1 nitrogen and oxygen atoms in total. The summed E-state index contributed by atoms with van der Waals surface area (Å²) >= 11 is 0. The van der Waals surface area contributed by atoms with Gasteiger partial charge in [-0.05, 0) is 87.9 Å². The van der Waals surface area contributed by atoms with Crippen molar-refractivity contribution < 1.29 is 5.48 Å². The summed E-state index contributed by atoms with van der Waals surface area (Å²) in [7, 11) is 0. The molecule has 0 saturated carbocycles. The van der Waals surface area contributed by atoms with Gasteiger partial charge in [0.15, 0.2) is 0 Å². The second-order valence-corrected chi connectivity index (χ2v) is 13.3. The molecule has 1 heterocycles. The van der Waals surface area contributed by atoms with Gasteiger partial charge in [-0.15, -0.1) is 0 Å². The van der Waals surface area contributed by atoms with Gasteiger partial charge in [-0.1, -0.05) is 126 Å². The van der Waals surface area contributed by atoms with E-state index in [-0.39, 0.29) is 35.0 Å². The first-order valence-electron chi connectivity index (χ1n) is 16.5. The normalized spacial score (nSPS) is 13.8. The van der Waals surface area contributed by atoms with E-state index in [1.165, 1.54) is 11.1 Å². The third kappa shape index (κ3) is 4.78. The average molecular weight is 540 g/mol. The molecular weight excluding hydrogens is 494 g/mol. The van der Waals surface area contributed by atoms with Crippen LogP contribution >= 0.6 is 0 Å². The van der Waals surface area contributed by atoms with Crippen LogP contribution in [0.3, 0.4) is 0 Å². The second-order valence-electron chi connectivity index (χ2n) is 13.3. The molecular formula is C40H41N. The zero-order chi connectivity index (χ0) is 32.6. The molecule has 1 aromatic heterocycles. The van der Waals surface area contributed by atoms with E-state index in [9.17, 15) is 0 Å². The molecule has 0 unspecified atom stereocenters. The molecule has 1 heteroatoms. The number of fused-ring (bicyclic) bond motifs is 3. The fourth-order valence-corrected chi connectivity index (χ4v) is 5.90. The summed E-state index contributed by atoms with van der Waals surface area (Å²) in [5, 5.41) is 2.19. The molecule has 5 aromatic carbocycles. The predicted molar refractivity (Wildman–Crippen MR) is 179 cm³/mol. The highest BCUT2D eigenvalue weighted by atomic mass is 15.0. The van der Waals surface area contributed by atoms with Gasteiger partial charge in [-0.25, -0.2) is 0 Å². The summed E-state index contributed by atoms with van der Waals surface area (Å²) < 4.78 is 36.9. The van der Waals surface area contributed by atoms with Gasteiger partial charge < -0.3 is 4.57 Å². The lowest BCUT2D eigenvalue weighted by atomic mass is 9.80. The lowest BCUT2D eigenvalue weighted by Gasteiger charge is -2.27. The van der Waals surface area contributed by atoms with E-state index in [2.05, 4.69) is 120 Å². The van der Waals surface area contributed by atoms with Gasteiger partial charge in [0.2, 0.25) is 0 Å². The largest absolute Gasteiger partial charge is 0.309 e. The Bertz CT molecular complexity index is 2060. The molecule has 0 aliphatic heterocycles. The zero-order valence-corrected chi connectivity index (χ0v) is 25.5. The van der Waals surface area contributed by atoms with E-state index >= 15 is 0 Å². The number of hydrogen-bond donors (Lipinski definition) is 0. The summed E-state index contributed by atoms with van der Waals surface area (Å²) in [6.07, 6.45) is 0. The van der Waals surface area contributed by atoms with Crippen molar-refractivity contribution in [2.24, 2.45) is 0 Å². The molecule has 6 aromatic rings. The van der Waals surface area contributed by atoms with Crippen LogP contribution in [0.5, 0.6) is 0 Å². The smallest absolute Gasteiger partial charge is 0.0632 e. The SMILES string of the molecule is [2H]c1c([2H])c(C)c([2H])c(-c2ccc3c(c2C)c2c(-c4ccccc4)cccc2n3-c2cc(C(C)(C)C)cc(C(C)(C)C)c2)c1[2H]. The molecule has 206 valence electrons. The van der Waals surface area contributed by atoms with Crippen molar-refractivity contribution in [1.82, 2.24) is 4.57 Å². The third-order valence-electron chi connectivity index (χ3n) is 8.23. The first-order chi connectivity index (χ1) is 21.1. The van der Waals surface area contributed by atoms with Crippen molar-refractivity contribution in [3.05, 3.63) is 125 Å². The highest BCUT2D eigenvalue weighted by molar-refractivity contribution is 6.18. The van der Waals surface area contributed by atoms with Gasteiger partial charge in [0.25, 0.3) is 0 Å². The summed E-state index contributed by atoms with van der Waals surface area (Å²) in [6, 6.07) is 27.9. The van der Waals surface area contributed by atoms with Crippen molar-refractivity contribution in [3.63, 3.8) is 0 Å². The Morgan fingerprint density at radius 2 is 1.27 bits per heavy atom. The van der Waals surface area contributed by atoms with Crippen LogP contribution in [0.15, 0.2) is 103 Å². The van der Waals surface area contributed by atoms with E-state index in [0.717, 1.165) is 49.7 Å². The van der Waals surface area contributed by atoms with Crippen LogP contribution in [0.1, 0.15) is 69.3 Å². The minimum atomic E-state index is -0.140. The quantitative estimate of drug-likeness (QED) is 0.211. The Hall–Kier alpha value is -4.10. The first kappa shape index (κ1) is 22.6. The lowest BCUT2D eigenvalue weighted by Crippen LogP contribution is -2.17. The molecule has 0 saturated heterocycles. The van der Waals surface area contributed by atoms with E-state index in [1.54, 1.807) is 6.92 Å². The maximum Gasteiger partial charge on any atom is 0.0632 e. The van der Waals surface area contributed by atoms with Crippen molar-refractivity contribution >= 4 is 21.8 Å². The van der Waals surface area contributed by atoms with Gasteiger partial charge >= 0.3 is 0 Å². The highest BCUT2D eigenvalue weighted by Crippen LogP contribution is 2.43. The standard InChI is InChI=1S/C40H41N/c1-26-14-12-17-29(22-26)33-20-21-36-37(27(33)2)38-34(28-15-10-9-11-16-28)18-13-19-35(38)41(36)32-24-30(39(3,4)5)23-31(25-32)40(6,7)8/h9-25H,1-8H3/i12D,14D,17D,22D. The lowest BCUT2D eigenvalue weighted by molar-refractivity contribution is 0.568. The van der Waals surface area contributed by atoms with Crippen molar-refractivity contribution in [2.45, 2.75) is 66.2 Å². The molecule has 0 fully saturated rings. The average Bonchev–Trinajstić information content (AvgIpc) is 3.35. The maximum absolute atomic E-state index is 8.93. The Morgan fingerprint density at radius 1 is 0.610 bits per heavy atom. The molecule has 0 aliphatic rings. The van der Waals surface area contributed by atoms with Crippen molar-refractivity contribution in [2.75, 3.05) is 0 Å². The Balaban J connectivity index is 1.80. The molecule has 0 N–H and O–H groups in total. The summed E-state index contributed by atoms with van der Waals surface area (Å²) in [4.78, 5) is 0. The fraction of sp³-hybridized carbons (Fsp3) is 0.250. The topological polar surface area (TPSA) is 4.93 Å². The van der Waals surface area contributed by atoms with Gasteiger partial charge in [-0.3, -0.25) is 0 Å². The summed E-state index contributed by atoms with van der Waals surface area (Å²) in [5.74, 6) is 0. The van der Waals surface area contributed by atoms with Crippen LogP contribution in [-0.4, -0.2) is 4.57 Å². The number of aryl methyl sites for hydroxylation is 1. The molecule has 0 spiro atoms. The van der Waals surface area contributed by atoms with Gasteiger partial charge in [0, 0.05) is 16.5 Å². The van der Waals surface area contributed by atoms with Crippen LogP contribution < -0.4 is 0 Å². The van der Waals surface area contributed by atoms with Gasteiger partial charge in [-0.2, -0.15) is 0 Å². The number of benzene rings is 5. The second kappa shape index (κ2) is 9.77. The van der Waals surface area contributed by atoms with Crippen molar-refractivity contribution in [1.29, 1.82) is 0 Å². The van der Waals surface area contributed by atoms with Crippen LogP contribution in [0, 0.1) is 13.8 Å². The minimum Gasteiger partial charge on any atom is -0.309 e. The zero-order valence-electron chi connectivity index (χ0n) is 29.5. The Morgan fingerprint density at radius 3 is 1.93 bits per heavy atom. The Kier molecular flexibility index (Phi) is 5.38. The number of nitrogens with zero attached hydrogens (tertiary/aromatic N) is 1. The Labute approximate surface area is 251 Å². The number of aromatic nitrogens is 1. The van der Waals surface area contributed by atoms with E-state index in [0.29, 0.717) is 11.1 Å². The predicted octanol–water partition coefficient (Wildman–Crippen LogP) is 11.3. The van der Waals surface area contributed by atoms with E-state index < -0.39 is 0 Å². The van der Waals surface area contributed by atoms with Crippen LogP contribution in [0.25, 0.3) is 49.7 Å². The molecule has 0 bridgehead atoms. The van der Waals surface area contributed by atoms with Crippen molar-refractivity contribution in [3.8, 4) is 27.9 Å². The maximum atomic E-state index is 8.93. The van der Waals surface area contributed by atoms with Gasteiger partial charge in [0.05, 0.1) is 16.5 Å². The fourth-order valence-electron chi connectivity index (χ4n) is 5.90. The van der Waals surface area contributed by atoms with Crippen LogP contribution in [0.2, 0.25) is 0 Å². The van der Waals surface area contributed by atoms with E-state index in [1.807, 2.05) is 12.1 Å². The number of hydrogen-bond acceptors (Lipinski definition) is 0. The molecule has 0 radical (unpaired) electrons. The van der Waals surface area contributed by atoms with Crippen LogP contribution in [-0.2, 0) is 10.8 Å². The molecule has 0 atom stereocenters.